The molecule has 2 rings (SSSR count). The van der Waals surface area contributed by atoms with Gasteiger partial charge in [-0.2, -0.15) is 21.6 Å². The minimum Gasteiger partial charge on any atom is -0.465 e. The third kappa shape index (κ3) is 12.1. The Bertz CT molecular complexity index is 503. The van der Waals surface area contributed by atoms with Crippen molar-refractivity contribution in [2.45, 2.75) is 12.6 Å². The molecule has 0 radical (unpaired) electrons. The fourth-order valence-corrected chi connectivity index (χ4v) is 0.813. The Morgan fingerprint density at radius 3 is 1.60 bits per heavy atom. The van der Waals surface area contributed by atoms with Gasteiger partial charge in [-0.15, -0.1) is 0 Å². The average molecular weight is 353 g/mol. The van der Waals surface area contributed by atoms with E-state index in [-0.39, 0.29) is 5.97 Å². The lowest BCUT2D eigenvalue weighted by atomic mass is 10.2. The predicted octanol–water partition coefficient (Wildman–Crippen LogP) is 3.35. The molecule has 1 saturated heterocycles. The topological polar surface area (TPSA) is 60.4 Å². The molecule has 4 nitrogen and oxygen atoms in total. The van der Waals surface area contributed by atoms with Crippen LogP contribution >= 0.6 is 21.4 Å². The summed E-state index contributed by atoms with van der Waals surface area (Å²) < 4.78 is 58.0. The summed E-state index contributed by atoms with van der Waals surface area (Å²) in [5.74, 6) is -0.0648. The van der Waals surface area contributed by atoms with Crippen LogP contribution in [0.3, 0.4) is 0 Å². The molecule has 0 saturated carbocycles. The third-order valence-electron chi connectivity index (χ3n) is 1.67. The number of ether oxygens (including phenoxy) is 1. The highest BCUT2D eigenvalue weighted by Gasteiger charge is 2.29. The monoisotopic (exact) mass is 352 g/mol. The van der Waals surface area contributed by atoms with Gasteiger partial charge in [0.15, 0.2) is 0 Å². The van der Waals surface area contributed by atoms with Gasteiger partial charge in [-0.3, -0.25) is 4.79 Å². The molecule has 1 aromatic carbocycles. The summed E-state index contributed by atoms with van der Waals surface area (Å²) in [7, 11) is 4.81. The SMILES string of the molecule is FC(F)(F)c1ccccc1.O=C1CCO1.O=S(=O)(Cl)Cl. The zero-order valence-electron chi connectivity index (χ0n) is 9.73. The van der Waals surface area contributed by atoms with Crippen molar-refractivity contribution >= 4 is 35.6 Å². The Labute approximate surface area is 122 Å². The normalized spacial score (nSPS) is 13.8. The van der Waals surface area contributed by atoms with Crippen LogP contribution in [0.5, 0.6) is 0 Å². The molecule has 0 unspecified atom stereocenters. The van der Waals surface area contributed by atoms with Gasteiger partial charge in [-0.1, -0.05) is 30.3 Å². The Morgan fingerprint density at radius 1 is 1.10 bits per heavy atom. The molecule has 1 aliphatic heterocycles. The van der Waals surface area contributed by atoms with Crippen molar-refractivity contribution in [3.05, 3.63) is 35.9 Å². The number of benzene rings is 1. The minimum atomic E-state index is -4.21. The fourth-order valence-electron chi connectivity index (χ4n) is 0.813. The Kier molecular flexibility index (Phi) is 7.92. The van der Waals surface area contributed by atoms with Crippen LogP contribution in [0.25, 0.3) is 0 Å². The molecule has 20 heavy (non-hydrogen) atoms. The maximum absolute atomic E-state index is 11.8. The molecule has 114 valence electrons. The Morgan fingerprint density at radius 2 is 1.45 bits per heavy atom. The van der Waals surface area contributed by atoms with E-state index < -0.39 is 20.0 Å². The van der Waals surface area contributed by atoms with Gasteiger partial charge in [0.05, 0.1) is 12.0 Å². The first-order valence-corrected chi connectivity index (χ1v) is 8.06. The lowest BCUT2D eigenvalue weighted by Gasteiger charge is -2.09. The first-order valence-electron chi connectivity index (χ1n) is 4.92. The highest BCUT2D eigenvalue weighted by Crippen LogP contribution is 2.28. The third-order valence-corrected chi connectivity index (χ3v) is 1.67. The van der Waals surface area contributed by atoms with E-state index in [9.17, 15) is 18.0 Å². The number of carbonyl (C=O) groups excluding carboxylic acids is 1. The number of cyclic esters (lactones) is 1. The van der Waals surface area contributed by atoms with Crippen molar-refractivity contribution in [3.63, 3.8) is 0 Å². The van der Waals surface area contributed by atoms with Crippen molar-refractivity contribution in [2.75, 3.05) is 6.61 Å². The maximum atomic E-state index is 11.8. The highest BCUT2D eigenvalue weighted by molar-refractivity contribution is 8.31. The number of hydrogen-bond acceptors (Lipinski definition) is 4. The number of hydrogen-bond donors (Lipinski definition) is 0. The predicted molar refractivity (Wildman–Crippen MR) is 67.6 cm³/mol. The van der Waals surface area contributed by atoms with Gasteiger partial charge >= 0.3 is 20.4 Å². The standard InChI is InChI=1S/C7H5F3.C3H4O2.Cl2O2S/c8-7(9,10)6-4-2-1-3-5-6;4-3-1-2-5-3;1-5(2,3)4/h1-5H;1-2H2;. The first-order chi connectivity index (χ1) is 9.00. The van der Waals surface area contributed by atoms with E-state index in [4.69, 9.17) is 8.42 Å². The van der Waals surface area contributed by atoms with Crippen LogP contribution in [0.15, 0.2) is 30.3 Å². The van der Waals surface area contributed by atoms with Crippen LogP contribution in [0.4, 0.5) is 13.2 Å². The molecule has 0 aliphatic carbocycles. The lowest BCUT2D eigenvalue weighted by Crippen LogP contribution is -2.18. The van der Waals surface area contributed by atoms with E-state index in [1.807, 2.05) is 0 Å². The summed E-state index contributed by atoms with van der Waals surface area (Å²) in [6, 6.07) is 6.36. The van der Waals surface area contributed by atoms with Crippen LogP contribution in [0.1, 0.15) is 12.0 Å². The van der Waals surface area contributed by atoms with Gasteiger partial charge in [-0.05, 0) is 0 Å². The molecule has 0 N–H and O–H groups in total. The molecule has 0 bridgehead atoms. The summed E-state index contributed by atoms with van der Waals surface area (Å²) in [5, 5.41) is 0. The van der Waals surface area contributed by atoms with Gasteiger partial charge in [0.2, 0.25) is 0 Å². The summed E-state index contributed by atoms with van der Waals surface area (Å²) >= 11 is 0. The second kappa shape index (κ2) is 8.33. The second-order valence-corrected chi connectivity index (χ2v) is 6.88. The molecule has 10 heteroatoms. The largest absolute Gasteiger partial charge is 0.465 e. The molecule has 0 aromatic heterocycles. The van der Waals surface area contributed by atoms with Crippen molar-refractivity contribution < 1.29 is 31.1 Å². The van der Waals surface area contributed by atoms with E-state index in [1.165, 1.54) is 12.1 Å². The van der Waals surface area contributed by atoms with E-state index in [2.05, 4.69) is 26.1 Å². The van der Waals surface area contributed by atoms with E-state index in [0.717, 1.165) is 12.1 Å². The molecule has 0 amide bonds. The van der Waals surface area contributed by atoms with Gasteiger partial charge in [0.1, 0.15) is 6.61 Å². The zero-order valence-corrected chi connectivity index (χ0v) is 12.1. The van der Waals surface area contributed by atoms with Gasteiger partial charge < -0.3 is 4.74 Å². The number of rotatable bonds is 0. The van der Waals surface area contributed by atoms with Crippen molar-refractivity contribution in [1.82, 2.24) is 0 Å². The Balaban J connectivity index is 0.000000304. The number of esters is 1. The first kappa shape index (κ1) is 19.0. The van der Waals surface area contributed by atoms with E-state index in [0.29, 0.717) is 13.0 Å². The molecular formula is C10H9Cl2F3O4S. The number of carbonyl (C=O) groups is 1. The molecule has 0 atom stereocenters. The minimum absolute atomic E-state index is 0.0648. The van der Waals surface area contributed by atoms with Crippen LogP contribution in [0, 0.1) is 0 Å². The van der Waals surface area contributed by atoms with Crippen LogP contribution in [-0.2, 0) is 24.0 Å². The summed E-state index contributed by atoms with van der Waals surface area (Å²) in [6.07, 6.45) is -3.58. The van der Waals surface area contributed by atoms with Gasteiger partial charge in [-0.25, -0.2) is 0 Å². The quantitative estimate of drug-likeness (QED) is 0.530. The maximum Gasteiger partial charge on any atom is 0.416 e. The van der Waals surface area contributed by atoms with Gasteiger partial charge in [0, 0.05) is 21.4 Å². The van der Waals surface area contributed by atoms with Crippen LogP contribution in [-0.4, -0.2) is 21.0 Å². The van der Waals surface area contributed by atoms with Crippen molar-refractivity contribution in [2.24, 2.45) is 0 Å². The van der Waals surface area contributed by atoms with E-state index >= 15 is 0 Å². The van der Waals surface area contributed by atoms with Crippen molar-refractivity contribution in [3.8, 4) is 0 Å². The van der Waals surface area contributed by atoms with Crippen LogP contribution < -0.4 is 0 Å². The molecule has 1 aromatic rings. The molecule has 1 heterocycles. The average Bonchev–Trinajstić information content (AvgIpc) is 2.25. The second-order valence-electron chi connectivity index (χ2n) is 3.21. The van der Waals surface area contributed by atoms with Crippen LogP contribution in [0.2, 0.25) is 0 Å². The number of halogens is 5. The zero-order chi connectivity index (χ0) is 15.8. The molecular weight excluding hydrogens is 344 g/mol. The summed E-state index contributed by atoms with van der Waals surface area (Å²) in [5.41, 5.74) is -0.602. The van der Waals surface area contributed by atoms with Crippen molar-refractivity contribution in [1.29, 1.82) is 0 Å². The van der Waals surface area contributed by atoms with E-state index in [1.54, 1.807) is 6.07 Å². The summed E-state index contributed by atoms with van der Waals surface area (Å²) in [6.45, 7) is 0.638. The molecule has 1 aliphatic rings. The molecule has 1 fully saturated rings. The molecule has 0 spiro atoms. The smallest absolute Gasteiger partial charge is 0.416 e. The number of alkyl halides is 3. The summed E-state index contributed by atoms with van der Waals surface area (Å²) in [4.78, 5) is 9.68. The Hall–Kier alpha value is -0.990. The lowest BCUT2D eigenvalue weighted by molar-refractivity contribution is -0.157. The van der Waals surface area contributed by atoms with Gasteiger partial charge in [0.25, 0.3) is 0 Å². The fraction of sp³-hybridized carbons (Fsp3) is 0.300. The highest BCUT2D eigenvalue weighted by atomic mass is 36.0.